The number of hydrogen-bond donors (Lipinski definition) is 1. The Morgan fingerprint density at radius 1 is 1.39 bits per heavy atom. The molecule has 3 rings (SSSR count). The van der Waals surface area contributed by atoms with E-state index in [1.807, 2.05) is 0 Å². The number of halogens is 2. The van der Waals surface area contributed by atoms with Crippen molar-refractivity contribution in [2.75, 3.05) is 32.8 Å². The number of carbonyl (C=O) groups excluding carboxylic acids is 2. The van der Waals surface area contributed by atoms with Crippen LogP contribution < -0.4 is 10.1 Å². The average Bonchev–Trinajstić information content (AvgIpc) is 2.76. The zero-order valence-electron chi connectivity index (χ0n) is 17.1. The van der Waals surface area contributed by atoms with Gasteiger partial charge in [0, 0.05) is 32.2 Å². The Balaban J connectivity index is 1.61. The number of nitrogens with zero attached hydrogens (tertiary/aromatic N) is 2. The van der Waals surface area contributed by atoms with Crippen LogP contribution in [0.15, 0.2) is 41.4 Å². The number of morpholine rings is 1. The molecule has 0 aliphatic carbocycles. The molecule has 1 saturated heterocycles. The molecule has 1 unspecified atom stereocenters. The number of ether oxygens (including phenoxy) is 2. The number of isocyanates is 1. The van der Waals surface area contributed by atoms with Crippen molar-refractivity contribution in [3.8, 4) is 5.75 Å². The number of aliphatic imine (C=N–C) groups is 1. The fourth-order valence-electron chi connectivity index (χ4n) is 3.33. The number of carbonyl (C=O) groups is 1. The number of nitrogens with one attached hydrogen (secondary N) is 1. The molecule has 1 amide bonds. The smallest absolute Gasteiger partial charge is 0.255 e. The first-order valence-electron chi connectivity index (χ1n) is 9.91. The van der Waals surface area contributed by atoms with Gasteiger partial charge in [-0.2, -0.15) is 4.99 Å². The lowest BCUT2D eigenvalue weighted by atomic mass is 10.1. The number of benzene rings is 2. The predicted molar refractivity (Wildman–Crippen MR) is 114 cm³/mol. The largest absolute Gasteiger partial charge is 0.493 e. The van der Waals surface area contributed by atoms with Crippen LogP contribution in [0.3, 0.4) is 0 Å². The summed E-state index contributed by atoms with van der Waals surface area (Å²) in [6, 6.07) is 9.27. The average molecular weight is 448 g/mol. The molecule has 164 valence electrons. The molecule has 31 heavy (non-hydrogen) atoms. The van der Waals surface area contributed by atoms with E-state index in [0.29, 0.717) is 32.8 Å². The molecule has 2 aromatic carbocycles. The van der Waals surface area contributed by atoms with Gasteiger partial charge >= 0.3 is 0 Å². The van der Waals surface area contributed by atoms with Crippen LogP contribution in [0, 0.1) is 5.82 Å². The minimum Gasteiger partial charge on any atom is -0.493 e. The monoisotopic (exact) mass is 447 g/mol. The third kappa shape index (κ3) is 6.35. The highest BCUT2D eigenvalue weighted by atomic mass is 35.5. The number of hydrogen-bond acceptors (Lipinski definition) is 6. The first-order chi connectivity index (χ1) is 15.0. The van der Waals surface area contributed by atoms with E-state index in [9.17, 15) is 14.0 Å². The van der Waals surface area contributed by atoms with Crippen LogP contribution in [0.4, 0.5) is 10.1 Å². The van der Waals surface area contributed by atoms with Crippen molar-refractivity contribution in [2.45, 2.75) is 19.6 Å². The molecule has 0 radical (unpaired) electrons. The van der Waals surface area contributed by atoms with Crippen molar-refractivity contribution in [2.24, 2.45) is 4.99 Å². The maximum Gasteiger partial charge on any atom is 0.255 e. The second-order valence-electron chi connectivity index (χ2n) is 7.00. The first-order valence-corrected chi connectivity index (χ1v) is 10.3. The summed E-state index contributed by atoms with van der Waals surface area (Å²) in [5.74, 6) is -0.351. The van der Waals surface area contributed by atoms with Crippen molar-refractivity contribution >= 4 is 29.3 Å². The fraction of sp³-hybridized carbons (Fsp3) is 0.364. The van der Waals surface area contributed by atoms with Crippen molar-refractivity contribution < 1.29 is 23.5 Å². The first kappa shape index (κ1) is 22.9. The summed E-state index contributed by atoms with van der Waals surface area (Å²) in [4.78, 5) is 29.0. The molecule has 2 aromatic rings. The molecule has 0 bridgehead atoms. The van der Waals surface area contributed by atoms with Crippen LogP contribution in [0.5, 0.6) is 5.75 Å². The third-order valence-corrected chi connectivity index (χ3v) is 5.09. The second kappa shape index (κ2) is 11.0. The summed E-state index contributed by atoms with van der Waals surface area (Å²) < 4.78 is 24.4. The topological polar surface area (TPSA) is 80.2 Å². The normalized spacial score (nSPS) is 16.4. The summed E-state index contributed by atoms with van der Waals surface area (Å²) >= 11 is 6.12. The van der Waals surface area contributed by atoms with Gasteiger partial charge in [-0.3, -0.25) is 9.69 Å². The van der Waals surface area contributed by atoms with E-state index < -0.39 is 0 Å². The van der Waals surface area contributed by atoms with Gasteiger partial charge in [0.25, 0.3) is 5.91 Å². The van der Waals surface area contributed by atoms with Crippen LogP contribution in [0.1, 0.15) is 22.8 Å². The highest BCUT2D eigenvalue weighted by Crippen LogP contribution is 2.33. The van der Waals surface area contributed by atoms with Crippen molar-refractivity contribution in [3.63, 3.8) is 0 Å². The van der Waals surface area contributed by atoms with Crippen molar-refractivity contribution in [3.05, 3.63) is 58.4 Å². The van der Waals surface area contributed by atoms with Crippen molar-refractivity contribution in [1.29, 1.82) is 0 Å². The van der Waals surface area contributed by atoms with Crippen LogP contribution in [0.2, 0.25) is 5.02 Å². The molecule has 1 N–H and O–H groups in total. The fourth-order valence-corrected chi connectivity index (χ4v) is 3.53. The molecule has 0 spiro atoms. The molecular formula is C22H23ClFN3O4. The summed E-state index contributed by atoms with van der Waals surface area (Å²) in [6.07, 6.45) is 1.24. The number of rotatable bonds is 8. The molecule has 1 atom stereocenters. The van der Waals surface area contributed by atoms with E-state index in [1.54, 1.807) is 19.1 Å². The van der Waals surface area contributed by atoms with E-state index in [1.165, 1.54) is 30.3 Å². The number of amides is 1. The second-order valence-corrected chi connectivity index (χ2v) is 7.41. The maximum absolute atomic E-state index is 13.1. The van der Waals surface area contributed by atoms with Gasteiger partial charge in [-0.15, -0.1) is 0 Å². The lowest BCUT2D eigenvalue weighted by molar-refractivity contribution is -0.0292. The van der Waals surface area contributed by atoms with E-state index in [4.69, 9.17) is 21.1 Å². The molecular weight excluding hydrogens is 425 g/mol. The Kier molecular flexibility index (Phi) is 8.14. The Hall–Kier alpha value is -2.77. The highest BCUT2D eigenvalue weighted by Gasteiger charge is 2.23. The zero-order valence-corrected chi connectivity index (χ0v) is 17.8. The van der Waals surface area contributed by atoms with Crippen LogP contribution >= 0.6 is 11.6 Å². The van der Waals surface area contributed by atoms with E-state index in [0.717, 1.165) is 12.1 Å². The summed E-state index contributed by atoms with van der Waals surface area (Å²) in [6.45, 7) is 5.01. The SMILES string of the molecule is CCOc1cc(N=C=O)c(Cl)cc1C(=O)NCC1CN(Cc2ccc(F)cc2)CCO1. The Morgan fingerprint density at radius 2 is 2.16 bits per heavy atom. The summed E-state index contributed by atoms with van der Waals surface area (Å²) in [5, 5.41) is 3.00. The molecule has 1 aliphatic heterocycles. The van der Waals surface area contributed by atoms with Gasteiger partial charge in [-0.05, 0) is 30.7 Å². The van der Waals surface area contributed by atoms with Gasteiger partial charge in [0.05, 0.1) is 35.6 Å². The third-order valence-electron chi connectivity index (χ3n) is 4.79. The van der Waals surface area contributed by atoms with Gasteiger partial charge in [-0.1, -0.05) is 23.7 Å². The zero-order chi connectivity index (χ0) is 22.2. The molecule has 7 nitrogen and oxygen atoms in total. The Morgan fingerprint density at radius 3 is 2.87 bits per heavy atom. The molecule has 0 aromatic heterocycles. The Labute approximate surface area is 184 Å². The van der Waals surface area contributed by atoms with Gasteiger partial charge < -0.3 is 14.8 Å². The van der Waals surface area contributed by atoms with E-state index in [-0.39, 0.29) is 39.9 Å². The van der Waals surface area contributed by atoms with Crippen LogP contribution in [-0.4, -0.2) is 55.8 Å². The lowest BCUT2D eigenvalue weighted by Gasteiger charge is -2.33. The standard InChI is InChI=1S/C22H23ClFN3O4/c1-2-30-21-10-20(26-14-28)19(23)9-18(21)22(29)25-11-17-13-27(7-8-31-17)12-15-3-5-16(24)6-4-15/h3-6,9-10,17H,2,7-8,11-13H2,1H3,(H,25,29). The van der Waals surface area contributed by atoms with Crippen LogP contribution in [-0.2, 0) is 16.1 Å². The quantitative estimate of drug-likeness (QED) is 0.495. The summed E-state index contributed by atoms with van der Waals surface area (Å²) in [5.41, 5.74) is 1.44. The molecule has 1 heterocycles. The molecule has 9 heteroatoms. The van der Waals surface area contributed by atoms with Gasteiger partial charge in [0.1, 0.15) is 11.6 Å². The van der Waals surface area contributed by atoms with Crippen LogP contribution in [0.25, 0.3) is 0 Å². The highest BCUT2D eigenvalue weighted by molar-refractivity contribution is 6.33. The van der Waals surface area contributed by atoms with E-state index >= 15 is 0 Å². The lowest BCUT2D eigenvalue weighted by Crippen LogP contribution is -2.47. The van der Waals surface area contributed by atoms with Gasteiger partial charge in [-0.25, -0.2) is 9.18 Å². The van der Waals surface area contributed by atoms with Crippen molar-refractivity contribution in [1.82, 2.24) is 10.2 Å². The van der Waals surface area contributed by atoms with Gasteiger partial charge in [0.2, 0.25) is 6.08 Å². The summed E-state index contributed by atoms with van der Waals surface area (Å²) in [7, 11) is 0. The molecule has 1 fully saturated rings. The minimum absolute atomic E-state index is 0.149. The predicted octanol–water partition coefficient (Wildman–Crippen LogP) is 3.48. The van der Waals surface area contributed by atoms with E-state index in [2.05, 4.69) is 15.2 Å². The van der Waals surface area contributed by atoms with Gasteiger partial charge in [0.15, 0.2) is 0 Å². The molecule has 1 aliphatic rings. The minimum atomic E-state index is -0.369. The Bertz CT molecular complexity index is 964. The molecule has 0 saturated carbocycles. The maximum atomic E-state index is 13.1.